The number of carbonyl (C=O) groups excluding carboxylic acids is 2. The molecule has 0 radical (unpaired) electrons. The van der Waals surface area contributed by atoms with Crippen LogP contribution < -0.4 is 16.4 Å². The van der Waals surface area contributed by atoms with Gasteiger partial charge in [-0.1, -0.05) is 0 Å². The Kier molecular flexibility index (Phi) is 6.47. The molecule has 0 saturated carbocycles. The second-order valence-corrected chi connectivity index (χ2v) is 3.62. The number of carbonyl (C=O) groups is 3. The van der Waals surface area contributed by atoms with Crippen LogP contribution in [0.2, 0.25) is 0 Å². The van der Waals surface area contributed by atoms with Gasteiger partial charge in [-0.2, -0.15) is 0 Å². The lowest BCUT2D eigenvalue weighted by molar-refractivity contribution is -0.138. The molecule has 0 heterocycles. The summed E-state index contributed by atoms with van der Waals surface area (Å²) in [5.41, 5.74) is 5.20. The van der Waals surface area contributed by atoms with E-state index in [1.165, 1.54) is 7.05 Å². The van der Waals surface area contributed by atoms with E-state index in [4.69, 9.17) is 10.8 Å². The molecule has 0 spiro atoms. The average Bonchev–Trinajstić information content (AvgIpc) is 2.17. The van der Waals surface area contributed by atoms with Crippen molar-refractivity contribution in [1.29, 1.82) is 0 Å². The summed E-state index contributed by atoms with van der Waals surface area (Å²) >= 11 is 1.05. The van der Waals surface area contributed by atoms with E-state index >= 15 is 0 Å². The van der Waals surface area contributed by atoms with Gasteiger partial charge in [-0.05, 0) is 0 Å². The molecule has 86 valence electrons. The number of thioether (sulfide) groups is 1. The monoisotopic (exact) mass is 235 g/mol. The van der Waals surface area contributed by atoms with E-state index in [1.54, 1.807) is 0 Å². The Balaban J connectivity index is 3.64. The number of nitrogens with two attached hydrogens (primary N) is 1. The molecule has 7 nitrogen and oxygen atoms in total. The van der Waals surface area contributed by atoms with Crippen molar-refractivity contribution < 1.29 is 19.5 Å². The van der Waals surface area contributed by atoms with E-state index in [0.717, 1.165) is 11.8 Å². The fraction of sp³-hybridized carbons (Fsp3) is 0.571. The maximum absolute atomic E-state index is 11.0. The van der Waals surface area contributed by atoms with Crippen molar-refractivity contribution in [2.75, 3.05) is 18.6 Å². The van der Waals surface area contributed by atoms with Crippen LogP contribution in [0.4, 0.5) is 4.79 Å². The number of nitrogens with one attached hydrogen (secondary N) is 2. The fourth-order valence-corrected chi connectivity index (χ4v) is 1.35. The van der Waals surface area contributed by atoms with E-state index in [9.17, 15) is 14.4 Å². The van der Waals surface area contributed by atoms with Crippen molar-refractivity contribution >= 4 is 29.7 Å². The number of carboxylic acid groups (broad SMARTS) is 1. The van der Waals surface area contributed by atoms with Gasteiger partial charge in [0.2, 0.25) is 5.91 Å². The van der Waals surface area contributed by atoms with Crippen LogP contribution in [0.3, 0.4) is 0 Å². The number of imide groups is 1. The number of urea groups is 1. The molecule has 3 amide bonds. The summed E-state index contributed by atoms with van der Waals surface area (Å²) in [6.45, 7) is 0. The van der Waals surface area contributed by atoms with Crippen molar-refractivity contribution in [3.8, 4) is 0 Å². The van der Waals surface area contributed by atoms with Crippen LogP contribution in [-0.4, -0.2) is 47.6 Å². The summed E-state index contributed by atoms with van der Waals surface area (Å²) in [6, 6.07) is -1.59. The van der Waals surface area contributed by atoms with Crippen LogP contribution in [0, 0.1) is 0 Å². The van der Waals surface area contributed by atoms with Crippen molar-refractivity contribution in [1.82, 2.24) is 10.6 Å². The van der Waals surface area contributed by atoms with E-state index in [-0.39, 0.29) is 11.5 Å². The quantitative estimate of drug-likeness (QED) is 0.464. The number of rotatable bonds is 5. The van der Waals surface area contributed by atoms with Gasteiger partial charge in [-0.15, -0.1) is 11.8 Å². The smallest absolute Gasteiger partial charge is 0.321 e. The van der Waals surface area contributed by atoms with Gasteiger partial charge in [0.15, 0.2) is 0 Å². The first-order valence-electron chi connectivity index (χ1n) is 4.05. The Morgan fingerprint density at radius 2 is 2.07 bits per heavy atom. The first kappa shape index (κ1) is 13.7. The number of amides is 3. The minimum atomic E-state index is -1.12. The summed E-state index contributed by atoms with van der Waals surface area (Å²) in [4.78, 5) is 31.9. The fourth-order valence-electron chi connectivity index (χ4n) is 0.575. The molecule has 15 heavy (non-hydrogen) atoms. The van der Waals surface area contributed by atoms with Crippen molar-refractivity contribution in [3.05, 3.63) is 0 Å². The van der Waals surface area contributed by atoms with Crippen LogP contribution in [0.5, 0.6) is 0 Å². The van der Waals surface area contributed by atoms with Gasteiger partial charge in [-0.3, -0.25) is 14.9 Å². The molecule has 0 fully saturated rings. The molecular formula is C7H13N3O4S. The topological polar surface area (TPSA) is 122 Å². The van der Waals surface area contributed by atoms with Crippen LogP contribution >= 0.6 is 11.8 Å². The Bertz CT molecular complexity index is 259. The van der Waals surface area contributed by atoms with Crippen molar-refractivity contribution in [3.63, 3.8) is 0 Å². The molecule has 0 saturated heterocycles. The summed E-state index contributed by atoms with van der Waals surface area (Å²) in [5.74, 6) is -1.49. The highest BCUT2D eigenvalue weighted by Gasteiger charge is 2.12. The molecule has 0 aliphatic rings. The summed E-state index contributed by atoms with van der Waals surface area (Å²) in [6.07, 6.45) is 0. The van der Waals surface area contributed by atoms with Crippen LogP contribution in [0.1, 0.15) is 0 Å². The second kappa shape index (κ2) is 7.07. The maximum atomic E-state index is 11.0. The third-order valence-electron chi connectivity index (χ3n) is 1.33. The lowest BCUT2D eigenvalue weighted by Gasteiger charge is -2.05. The molecule has 0 bridgehead atoms. The van der Waals surface area contributed by atoms with E-state index in [2.05, 4.69) is 5.32 Å². The predicted molar refractivity (Wildman–Crippen MR) is 55.5 cm³/mol. The maximum Gasteiger partial charge on any atom is 0.321 e. The summed E-state index contributed by atoms with van der Waals surface area (Å²) in [7, 11) is 1.39. The zero-order chi connectivity index (χ0) is 11.8. The first-order chi connectivity index (χ1) is 6.97. The average molecular weight is 235 g/mol. The molecule has 0 aromatic rings. The number of aliphatic carboxylic acids is 1. The molecule has 5 N–H and O–H groups in total. The summed E-state index contributed by atoms with van der Waals surface area (Å²) < 4.78 is 0. The Morgan fingerprint density at radius 3 is 2.53 bits per heavy atom. The van der Waals surface area contributed by atoms with Crippen molar-refractivity contribution in [2.24, 2.45) is 5.73 Å². The molecule has 0 aromatic heterocycles. The predicted octanol–water partition coefficient (Wildman–Crippen LogP) is -1.41. The van der Waals surface area contributed by atoms with Gasteiger partial charge in [0.05, 0.1) is 5.75 Å². The molecule has 8 heteroatoms. The van der Waals surface area contributed by atoms with E-state index in [0.29, 0.717) is 0 Å². The molecule has 1 atom stereocenters. The molecule has 0 rings (SSSR count). The van der Waals surface area contributed by atoms with Crippen LogP contribution in [0.25, 0.3) is 0 Å². The van der Waals surface area contributed by atoms with E-state index < -0.39 is 23.9 Å². The largest absolute Gasteiger partial charge is 0.480 e. The van der Waals surface area contributed by atoms with Gasteiger partial charge in [0.1, 0.15) is 6.04 Å². The SMILES string of the molecule is CNC(=O)NC(=O)CSCC(N)C(=O)O. The minimum Gasteiger partial charge on any atom is -0.480 e. The second-order valence-electron chi connectivity index (χ2n) is 2.59. The molecule has 0 aliphatic carbocycles. The highest BCUT2D eigenvalue weighted by atomic mass is 32.2. The number of carboxylic acids is 1. The Labute approximate surface area is 90.8 Å². The highest BCUT2D eigenvalue weighted by molar-refractivity contribution is 8.00. The normalized spacial score (nSPS) is 11.6. The third kappa shape index (κ3) is 6.75. The standard InChI is InChI=1S/C7H13N3O4S/c1-9-7(14)10-5(11)3-15-2-4(8)6(12)13/h4H,2-3,8H2,1H3,(H,12,13)(H2,9,10,11,14). The van der Waals surface area contributed by atoms with Gasteiger partial charge in [0, 0.05) is 12.8 Å². The molecule has 1 unspecified atom stereocenters. The zero-order valence-corrected chi connectivity index (χ0v) is 8.97. The van der Waals surface area contributed by atoms with E-state index in [1.807, 2.05) is 5.32 Å². The van der Waals surface area contributed by atoms with Gasteiger partial charge < -0.3 is 16.2 Å². The first-order valence-corrected chi connectivity index (χ1v) is 5.20. The van der Waals surface area contributed by atoms with Crippen molar-refractivity contribution in [2.45, 2.75) is 6.04 Å². The number of hydrogen-bond acceptors (Lipinski definition) is 5. The highest BCUT2D eigenvalue weighted by Crippen LogP contribution is 2.01. The number of hydrogen-bond donors (Lipinski definition) is 4. The van der Waals surface area contributed by atoms with Crippen LogP contribution in [0.15, 0.2) is 0 Å². The van der Waals surface area contributed by atoms with Gasteiger partial charge in [0.25, 0.3) is 0 Å². The Hall–Kier alpha value is -1.28. The lowest BCUT2D eigenvalue weighted by atomic mass is 10.4. The Morgan fingerprint density at radius 1 is 1.47 bits per heavy atom. The van der Waals surface area contributed by atoms with Gasteiger partial charge in [-0.25, -0.2) is 4.79 Å². The summed E-state index contributed by atoms with van der Waals surface area (Å²) in [5, 5.41) is 12.7. The zero-order valence-electron chi connectivity index (χ0n) is 8.15. The minimum absolute atomic E-state index is 0.00556. The van der Waals surface area contributed by atoms with Crippen LogP contribution in [-0.2, 0) is 9.59 Å². The molecule has 0 aliphatic heterocycles. The molecule has 0 aromatic carbocycles. The lowest BCUT2D eigenvalue weighted by Crippen LogP contribution is -2.39. The van der Waals surface area contributed by atoms with Gasteiger partial charge >= 0.3 is 12.0 Å². The third-order valence-corrected chi connectivity index (χ3v) is 2.39. The molecular weight excluding hydrogens is 222 g/mol.